The molecule has 1 aliphatic heterocycles. The van der Waals surface area contributed by atoms with Crippen LogP contribution in [0.1, 0.15) is 16.9 Å². The molecular formula is C30H21ClFN5O6S. The molecule has 0 spiro atoms. The normalized spacial score (nSPS) is 15.0. The minimum Gasteiger partial charge on any atom is -0.483 e. The van der Waals surface area contributed by atoms with Crippen molar-refractivity contribution in [3.05, 3.63) is 128 Å². The van der Waals surface area contributed by atoms with E-state index in [4.69, 9.17) is 20.8 Å². The molecule has 2 amide bonds. The Bertz CT molecular complexity index is 1790. The Morgan fingerprint density at radius 1 is 1.14 bits per heavy atom. The van der Waals surface area contributed by atoms with E-state index in [9.17, 15) is 24.1 Å². The molecule has 14 heteroatoms. The molecule has 4 aromatic rings. The maximum atomic E-state index is 13.5. The van der Waals surface area contributed by atoms with Gasteiger partial charge in [-0.3, -0.25) is 24.6 Å². The number of amides is 2. The summed E-state index contributed by atoms with van der Waals surface area (Å²) in [6.45, 7) is -0.288. The summed E-state index contributed by atoms with van der Waals surface area (Å²) in [5.41, 5.74) is 1.20. The van der Waals surface area contributed by atoms with Crippen molar-refractivity contribution in [2.45, 2.75) is 6.54 Å². The molecule has 3 aromatic carbocycles. The van der Waals surface area contributed by atoms with Crippen molar-refractivity contribution >= 4 is 64.0 Å². The van der Waals surface area contributed by atoms with Crippen molar-refractivity contribution in [3.8, 4) is 5.75 Å². The highest BCUT2D eigenvalue weighted by Crippen LogP contribution is 2.36. The van der Waals surface area contributed by atoms with Crippen LogP contribution in [0.3, 0.4) is 0 Å². The third-order valence-corrected chi connectivity index (χ3v) is 7.19. The molecule has 1 N–H and O–H groups in total. The van der Waals surface area contributed by atoms with Gasteiger partial charge in [0.05, 0.1) is 28.9 Å². The standard InChI is InChI=1S/C30H21ClFN5O6S/c31-21-6-11-26(43-18-28(38)34-23-9-7-22(32)8-10-23)20(14-21)15-27-29(39)36(17-25-5-2-12-42-25)30(44-27)35-33-16-19-3-1-4-24(13-19)37(40)41/h1-16H,17-18H2,(H,34,38)/b27-15-,33-16+,35-30-. The lowest BCUT2D eigenvalue weighted by Crippen LogP contribution is -2.28. The fourth-order valence-electron chi connectivity index (χ4n) is 3.92. The summed E-state index contributed by atoms with van der Waals surface area (Å²) in [6, 6.07) is 19.3. The quantitative estimate of drug-likeness (QED) is 0.0909. The van der Waals surface area contributed by atoms with Gasteiger partial charge < -0.3 is 14.5 Å². The van der Waals surface area contributed by atoms with Crippen molar-refractivity contribution in [2.24, 2.45) is 10.2 Å². The summed E-state index contributed by atoms with van der Waals surface area (Å²) in [5, 5.41) is 22.6. The molecule has 0 aliphatic carbocycles. The zero-order valence-corrected chi connectivity index (χ0v) is 24.1. The van der Waals surface area contributed by atoms with Gasteiger partial charge in [0.25, 0.3) is 17.5 Å². The van der Waals surface area contributed by atoms with Crippen LogP contribution in [0.4, 0.5) is 15.8 Å². The van der Waals surface area contributed by atoms with E-state index >= 15 is 0 Å². The first kappa shape index (κ1) is 30.2. The second-order valence-corrected chi connectivity index (χ2v) is 10.5. The lowest BCUT2D eigenvalue weighted by Gasteiger charge is -2.13. The van der Waals surface area contributed by atoms with E-state index in [0.29, 0.717) is 27.6 Å². The number of nitrogens with zero attached hydrogens (tertiary/aromatic N) is 4. The maximum absolute atomic E-state index is 13.5. The minimum atomic E-state index is -0.511. The molecular weight excluding hydrogens is 613 g/mol. The van der Waals surface area contributed by atoms with E-state index in [1.54, 1.807) is 42.5 Å². The third-order valence-electron chi connectivity index (χ3n) is 5.96. The first-order valence-electron chi connectivity index (χ1n) is 12.8. The number of benzene rings is 3. The number of rotatable bonds is 10. The van der Waals surface area contributed by atoms with E-state index < -0.39 is 22.6 Å². The summed E-state index contributed by atoms with van der Waals surface area (Å²) in [7, 11) is 0. The monoisotopic (exact) mass is 633 g/mol. The molecule has 0 saturated carbocycles. The summed E-state index contributed by atoms with van der Waals surface area (Å²) in [5.74, 6) is -0.499. The molecule has 1 aliphatic rings. The van der Waals surface area contributed by atoms with Crippen molar-refractivity contribution < 1.29 is 28.1 Å². The van der Waals surface area contributed by atoms with Gasteiger partial charge in [-0.15, -0.1) is 5.10 Å². The zero-order valence-electron chi connectivity index (χ0n) is 22.6. The maximum Gasteiger partial charge on any atom is 0.270 e. The second kappa shape index (κ2) is 13.8. The van der Waals surface area contributed by atoms with E-state index in [1.165, 1.54) is 59.8 Å². The number of ether oxygens (including phenoxy) is 1. The number of nitro groups is 1. The van der Waals surface area contributed by atoms with Crippen LogP contribution in [-0.4, -0.2) is 39.6 Å². The van der Waals surface area contributed by atoms with Gasteiger partial charge in [-0.25, -0.2) is 4.39 Å². The van der Waals surface area contributed by atoms with Gasteiger partial charge in [0.15, 0.2) is 11.8 Å². The highest BCUT2D eigenvalue weighted by Gasteiger charge is 2.34. The fraction of sp³-hybridized carbons (Fsp3) is 0.0667. The predicted octanol–water partition coefficient (Wildman–Crippen LogP) is 6.50. The molecule has 0 bridgehead atoms. The summed E-state index contributed by atoms with van der Waals surface area (Å²) in [4.78, 5) is 38.2. The molecule has 1 saturated heterocycles. The molecule has 1 fully saturated rings. The Labute approximate surface area is 258 Å². The summed E-state index contributed by atoms with van der Waals surface area (Å²) < 4.78 is 24.3. The average molecular weight is 634 g/mol. The number of nitrogens with one attached hydrogen (secondary N) is 1. The Morgan fingerprint density at radius 2 is 1.95 bits per heavy atom. The van der Waals surface area contributed by atoms with Gasteiger partial charge in [-0.1, -0.05) is 23.7 Å². The zero-order chi connectivity index (χ0) is 31.1. The first-order chi connectivity index (χ1) is 21.2. The number of carbonyl (C=O) groups excluding carboxylic acids is 2. The van der Waals surface area contributed by atoms with Crippen molar-refractivity contribution in [2.75, 3.05) is 11.9 Å². The molecule has 11 nitrogen and oxygen atoms in total. The van der Waals surface area contributed by atoms with E-state index in [-0.39, 0.29) is 34.7 Å². The average Bonchev–Trinajstić information content (AvgIpc) is 3.62. The lowest BCUT2D eigenvalue weighted by atomic mass is 10.2. The molecule has 2 heterocycles. The molecule has 5 rings (SSSR count). The van der Waals surface area contributed by atoms with Gasteiger partial charge in [0, 0.05) is 34.0 Å². The number of carbonyl (C=O) groups is 2. The molecule has 1 aromatic heterocycles. The highest BCUT2D eigenvalue weighted by molar-refractivity contribution is 8.18. The van der Waals surface area contributed by atoms with Crippen LogP contribution in [0.2, 0.25) is 5.02 Å². The van der Waals surface area contributed by atoms with Crippen molar-refractivity contribution in [1.82, 2.24) is 4.90 Å². The number of furan rings is 1. The minimum absolute atomic E-state index is 0.0732. The van der Waals surface area contributed by atoms with Crippen LogP contribution in [0, 0.1) is 15.9 Å². The number of amidine groups is 1. The molecule has 0 unspecified atom stereocenters. The SMILES string of the molecule is O=C(COc1ccc(Cl)cc1/C=C1\S/C(=N\N=C\c2cccc([N+](=O)[O-])c2)N(Cc2ccco2)C1=O)Nc1ccc(F)cc1. The molecule has 44 heavy (non-hydrogen) atoms. The highest BCUT2D eigenvalue weighted by atomic mass is 35.5. The van der Waals surface area contributed by atoms with Gasteiger partial charge >= 0.3 is 0 Å². The number of hydrogen-bond acceptors (Lipinski definition) is 9. The van der Waals surface area contributed by atoms with Gasteiger partial charge in [-0.2, -0.15) is 5.10 Å². The lowest BCUT2D eigenvalue weighted by molar-refractivity contribution is -0.384. The second-order valence-electron chi connectivity index (χ2n) is 9.09. The Morgan fingerprint density at radius 3 is 2.70 bits per heavy atom. The van der Waals surface area contributed by atoms with Gasteiger partial charge in [0.2, 0.25) is 0 Å². The van der Waals surface area contributed by atoms with Gasteiger partial charge in [0.1, 0.15) is 17.3 Å². The Kier molecular flexibility index (Phi) is 9.47. The Balaban J connectivity index is 1.37. The van der Waals surface area contributed by atoms with Crippen molar-refractivity contribution in [3.63, 3.8) is 0 Å². The Hall–Kier alpha value is -5.27. The number of non-ortho nitro benzene ring substituents is 1. The van der Waals surface area contributed by atoms with E-state index in [2.05, 4.69) is 15.5 Å². The van der Waals surface area contributed by atoms with Crippen LogP contribution in [0.25, 0.3) is 6.08 Å². The molecule has 0 atom stereocenters. The first-order valence-corrected chi connectivity index (χ1v) is 14.0. The summed E-state index contributed by atoms with van der Waals surface area (Å²) >= 11 is 7.28. The third kappa shape index (κ3) is 7.76. The number of thioether (sulfide) groups is 1. The van der Waals surface area contributed by atoms with Crippen LogP contribution < -0.4 is 10.1 Å². The number of anilines is 1. The van der Waals surface area contributed by atoms with E-state index in [0.717, 1.165) is 11.8 Å². The largest absolute Gasteiger partial charge is 0.483 e. The van der Waals surface area contributed by atoms with Crippen LogP contribution in [0.5, 0.6) is 5.75 Å². The topological polar surface area (TPSA) is 140 Å². The number of nitro benzene ring substituents is 1. The predicted molar refractivity (Wildman–Crippen MR) is 165 cm³/mol. The van der Waals surface area contributed by atoms with Crippen LogP contribution in [-0.2, 0) is 16.1 Å². The number of halogens is 2. The van der Waals surface area contributed by atoms with Crippen LogP contribution in [0.15, 0.2) is 105 Å². The summed E-state index contributed by atoms with van der Waals surface area (Å²) in [6.07, 6.45) is 4.39. The van der Waals surface area contributed by atoms with Crippen molar-refractivity contribution in [1.29, 1.82) is 0 Å². The molecule has 222 valence electrons. The smallest absolute Gasteiger partial charge is 0.270 e. The van der Waals surface area contributed by atoms with Crippen LogP contribution >= 0.6 is 23.4 Å². The van der Waals surface area contributed by atoms with E-state index in [1.807, 2.05) is 0 Å². The number of hydrogen-bond donors (Lipinski definition) is 1. The molecule has 0 radical (unpaired) electrons. The van der Waals surface area contributed by atoms with Gasteiger partial charge in [-0.05, 0) is 72.4 Å². The fourth-order valence-corrected chi connectivity index (χ4v) is 5.03.